The number of carbonyl (C=O) groups is 1. The predicted octanol–water partition coefficient (Wildman–Crippen LogP) is 3.67. The Labute approximate surface area is 145 Å². The molecule has 1 N–H and O–H groups in total. The molecule has 1 saturated heterocycles. The molecule has 0 atom stereocenters. The molecule has 6 heteroatoms. The zero-order chi connectivity index (χ0) is 15.3. The lowest BCUT2D eigenvalue weighted by Crippen LogP contribution is -2.32. The van der Waals surface area contributed by atoms with Crippen LogP contribution in [0.4, 0.5) is 5.69 Å². The molecule has 2 heterocycles. The molecule has 4 rings (SSSR count). The fraction of sp³-hybridized carbons (Fsp3) is 0.176. The van der Waals surface area contributed by atoms with Gasteiger partial charge in [-0.05, 0) is 18.6 Å². The van der Waals surface area contributed by atoms with Gasteiger partial charge in [-0.1, -0.05) is 47.5 Å². The van der Waals surface area contributed by atoms with E-state index in [0.717, 1.165) is 22.4 Å². The Hall–Kier alpha value is -2.04. The lowest BCUT2D eigenvalue weighted by molar-refractivity contribution is -0.118. The standard InChI is InChI=1S/C17H14ClN3O.ClH/c1-10-2-4-11(5-3-10)12-6-7-14-13(16(12)18)8-21-9-15(22)20-17(21)19-14;/h2-7H,8-9H2,1H3,(H,19,20,22);1H. The molecule has 2 aliphatic heterocycles. The molecule has 0 aromatic heterocycles. The molecule has 0 bridgehead atoms. The molecule has 2 aromatic carbocycles. The van der Waals surface area contributed by atoms with Crippen LogP contribution in [0.3, 0.4) is 0 Å². The highest BCUT2D eigenvalue weighted by Crippen LogP contribution is 2.39. The number of benzene rings is 2. The van der Waals surface area contributed by atoms with E-state index >= 15 is 0 Å². The molecule has 1 amide bonds. The van der Waals surface area contributed by atoms with Crippen molar-refractivity contribution in [3.63, 3.8) is 0 Å². The second-order valence-electron chi connectivity index (χ2n) is 5.63. The molecular formula is C17H15Cl2N3O. The first-order chi connectivity index (χ1) is 10.6. The topological polar surface area (TPSA) is 44.7 Å². The van der Waals surface area contributed by atoms with E-state index in [1.165, 1.54) is 5.56 Å². The van der Waals surface area contributed by atoms with Gasteiger partial charge < -0.3 is 4.90 Å². The van der Waals surface area contributed by atoms with Crippen LogP contribution >= 0.6 is 24.0 Å². The van der Waals surface area contributed by atoms with Crippen molar-refractivity contribution in [1.29, 1.82) is 0 Å². The van der Waals surface area contributed by atoms with Crippen molar-refractivity contribution in [3.05, 3.63) is 52.5 Å². The van der Waals surface area contributed by atoms with Crippen LogP contribution in [0.2, 0.25) is 5.02 Å². The summed E-state index contributed by atoms with van der Waals surface area (Å²) in [7, 11) is 0. The summed E-state index contributed by atoms with van der Waals surface area (Å²) in [6.07, 6.45) is 0. The van der Waals surface area contributed by atoms with Gasteiger partial charge in [-0.25, -0.2) is 4.99 Å². The van der Waals surface area contributed by atoms with Crippen LogP contribution in [0, 0.1) is 6.92 Å². The summed E-state index contributed by atoms with van der Waals surface area (Å²) in [6, 6.07) is 12.2. The monoisotopic (exact) mass is 347 g/mol. The second-order valence-corrected chi connectivity index (χ2v) is 6.01. The molecule has 2 aromatic rings. The molecule has 0 radical (unpaired) electrons. The van der Waals surface area contributed by atoms with Crippen molar-refractivity contribution in [2.24, 2.45) is 4.99 Å². The quantitative estimate of drug-likeness (QED) is 0.855. The largest absolute Gasteiger partial charge is 0.329 e. The molecular weight excluding hydrogens is 333 g/mol. The predicted molar refractivity (Wildman–Crippen MR) is 94.5 cm³/mol. The Morgan fingerprint density at radius 3 is 2.61 bits per heavy atom. The minimum atomic E-state index is -0.0264. The van der Waals surface area contributed by atoms with E-state index in [2.05, 4.69) is 41.5 Å². The first kappa shape index (κ1) is 15.8. The Bertz CT molecular complexity index is 815. The average molecular weight is 348 g/mol. The van der Waals surface area contributed by atoms with Crippen molar-refractivity contribution in [3.8, 4) is 11.1 Å². The highest BCUT2D eigenvalue weighted by molar-refractivity contribution is 6.34. The first-order valence-electron chi connectivity index (χ1n) is 7.14. The van der Waals surface area contributed by atoms with E-state index in [-0.39, 0.29) is 18.3 Å². The minimum absolute atomic E-state index is 0. The van der Waals surface area contributed by atoms with E-state index in [1.807, 2.05) is 17.0 Å². The first-order valence-corrected chi connectivity index (χ1v) is 7.51. The fourth-order valence-corrected chi connectivity index (χ4v) is 3.18. The third kappa shape index (κ3) is 2.69. The van der Waals surface area contributed by atoms with Gasteiger partial charge in [0.15, 0.2) is 0 Å². The number of aryl methyl sites for hydroxylation is 1. The molecule has 118 valence electrons. The molecule has 0 saturated carbocycles. The molecule has 0 spiro atoms. The summed E-state index contributed by atoms with van der Waals surface area (Å²) in [5.41, 5.74) is 5.10. The van der Waals surface area contributed by atoms with Crippen LogP contribution in [-0.2, 0) is 11.3 Å². The van der Waals surface area contributed by atoms with Gasteiger partial charge in [0, 0.05) is 17.7 Å². The van der Waals surface area contributed by atoms with E-state index < -0.39 is 0 Å². The van der Waals surface area contributed by atoms with Gasteiger partial charge in [-0.3, -0.25) is 10.1 Å². The van der Waals surface area contributed by atoms with Crippen LogP contribution in [0.1, 0.15) is 11.1 Å². The maximum atomic E-state index is 11.5. The Balaban J connectivity index is 0.00000156. The maximum absolute atomic E-state index is 11.5. The maximum Gasteiger partial charge on any atom is 0.246 e. The van der Waals surface area contributed by atoms with Crippen molar-refractivity contribution in [1.82, 2.24) is 10.2 Å². The van der Waals surface area contributed by atoms with Gasteiger partial charge in [-0.2, -0.15) is 0 Å². The van der Waals surface area contributed by atoms with Crippen molar-refractivity contribution in [2.75, 3.05) is 6.54 Å². The van der Waals surface area contributed by atoms with Crippen LogP contribution in [0.15, 0.2) is 41.4 Å². The summed E-state index contributed by atoms with van der Waals surface area (Å²) >= 11 is 6.63. The van der Waals surface area contributed by atoms with Crippen molar-refractivity contribution < 1.29 is 4.79 Å². The van der Waals surface area contributed by atoms with Crippen LogP contribution in [-0.4, -0.2) is 23.3 Å². The van der Waals surface area contributed by atoms with Crippen molar-refractivity contribution >= 4 is 41.6 Å². The third-order valence-corrected chi connectivity index (χ3v) is 4.47. The summed E-state index contributed by atoms with van der Waals surface area (Å²) in [5, 5.41) is 3.47. The number of hydrogen-bond donors (Lipinski definition) is 1. The summed E-state index contributed by atoms with van der Waals surface area (Å²) in [4.78, 5) is 17.9. The van der Waals surface area contributed by atoms with Gasteiger partial charge in [-0.15, -0.1) is 12.4 Å². The van der Waals surface area contributed by atoms with Gasteiger partial charge in [0.25, 0.3) is 0 Å². The Kier molecular flexibility index (Phi) is 4.04. The van der Waals surface area contributed by atoms with Crippen LogP contribution in [0.25, 0.3) is 11.1 Å². The molecule has 4 nitrogen and oxygen atoms in total. The number of carbonyl (C=O) groups excluding carboxylic acids is 1. The zero-order valence-electron chi connectivity index (χ0n) is 12.5. The van der Waals surface area contributed by atoms with Gasteiger partial charge in [0.1, 0.15) is 6.54 Å². The number of fused-ring (bicyclic) bond motifs is 2. The molecule has 0 unspecified atom stereocenters. The summed E-state index contributed by atoms with van der Waals surface area (Å²) in [5.74, 6) is 0.595. The number of guanidine groups is 1. The minimum Gasteiger partial charge on any atom is -0.329 e. The highest BCUT2D eigenvalue weighted by Gasteiger charge is 2.30. The number of amides is 1. The molecule has 1 fully saturated rings. The van der Waals surface area contributed by atoms with Gasteiger partial charge in [0.2, 0.25) is 11.9 Å². The van der Waals surface area contributed by atoms with E-state index in [1.54, 1.807) is 0 Å². The summed E-state index contributed by atoms with van der Waals surface area (Å²) < 4.78 is 0. The van der Waals surface area contributed by atoms with Crippen LogP contribution < -0.4 is 5.32 Å². The van der Waals surface area contributed by atoms with E-state index in [9.17, 15) is 4.79 Å². The fourth-order valence-electron chi connectivity index (χ4n) is 2.85. The van der Waals surface area contributed by atoms with Gasteiger partial charge >= 0.3 is 0 Å². The number of nitrogens with one attached hydrogen (secondary N) is 1. The lowest BCUT2D eigenvalue weighted by atomic mass is 10.00. The summed E-state index contributed by atoms with van der Waals surface area (Å²) in [6.45, 7) is 3.00. The normalized spacial score (nSPS) is 15.3. The van der Waals surface area contributed by atoms with Crippen molar-refractivity contribution in [2.45, 2.75) is 13.5 Å². The molecule has 0 aliphatic carbocycles. The van der Waals surface area contributed by atoms with E-state index in [0.29, 0.717) is 24.1 Å². The number of halogens is 2. The van der Waals surface area contributed by atoms with Crippen LogP contribution in [0.5, 0.6) is 0 Å². The Morgan fingerprint density at radius 1 is 1.13 bits per heavy atom. The molecule has 2 aliphatic rings. The smallest absolute Gasteiger partial charge is 0.246 e. The Morgan fingerprint density at radius 2 is 1.87 bits per heavy atom. The number of nitrogens with zero attached hydrogens (tertiary/aromatic N) is 2. The number of rotatable bonds is 1. The zero-order valence-corrected chi connectivity index (χ0v) is 14.0. The highest BCUT2D eigenvalue weighted by atomic mass is 35.5. The average Bonchev–Trinajstić information content (AvgIpc) is 2.86. The third-order valence-electron chi connectivity index (χ3n) is 4.04. The second kappa shape index (κ2) is 5.87. The number of aliphatic imine (C=N–C) groups is 1. The van der Waals surface area contributed by atoms with Gasteiger partial charge in [0.05, 0.1) is 10.7 Å². The SMILES string of the molecule is Cc1ccc(-c2ccc3c(c2Cl)CN2CC(=O)NC2=N3)cc1.Cl. The number of hydrogen-bond acceptors (Lipinski definition) is 3. The van der Waals surface area contributed by atoms with E-state index in [4.69, 9.17) is 11.6 Å². The molecule has 23 heavy (non-hydrogen) atoms. The lowest BCUT2D eigenvalue weighted by Gasteiger charge is -2.24.